The van der Waals surface area contributed by atoms with Crippen molar-refractivity contribution in [1.82, 2.24) is 14.4 Å². The number of nitriles is 1. The van der Waals surface area contributed by atoms with E-state index in [1.807, 2.05) is 58.6 Å². The van der Waals surface area contributed by atoms with Gasteiger partial charge >= 0.3 is 12.2 Å². The van der Waals surface area contributed by atoms with E-state index in [-0.39, 0.29) is 17.2 Å². The summed E-state index contributed by atoms with van der Waals surface area (Å²) in [6, 6.07) is 9.82. The van der Waals surface area contributed by atoms with Crippen molar-refractivity contribution in [2.75, 3.05) is 26.2 Å². The zero-order valence-electron chi connectivity index (χ0n) is 21.7. The number of hydrogen-bond donors (Lipinski definition) is 0. The van der Waals surface area contributed by atoms with Crippen LogP contribution in [0.15, 0.2) is 24.3 Å². The predicted molar refractivity (Wildman–Crippen MR) is 133 cm³/mol. The number of carbonyl (C=O) groups excluding carboxylic acids is 2. The van der Waals surface area contributed by atoms with Crippen LogP contribution in [0.2, 0.25) is 0 Å². The molecular formula is C27H36N4O4. The number of rotatable bonds is 2. The molecule has 0 unspecified atom stereocenters. The Bertz CT molecular complexity index is 1160. The molecule has 2 aliphatic rings. The van der Waals surface area contributed by atoms with Crippen molar-refractivity contribution < 1.29 is 19.1 Å². The average Bonchev–Trinajstić information content (AvgIpc) is 3.08. The molecule has 0 radical (unpaired) electrons. The smallest absolute Gasteiger partial charge is 0.420 e. The molecule has 35 heavy (non-hydrogen) atoms. The zero-order chi connectivity index (χ0) is 25.6. The topological polar surface area (TPSA) is 87.8 Å². The molecule has 0 N–H and O–H groups in total. The quantitative estimate of drug-likeness (QED) is 0.592. The Morgan fingerprint density at radius 2 is 1.57 bits per heavy atom. The lowest BCUT2D eigenvalue weighted by Crippen LogP contribution is -2.62. The molecule has 3 heterocycles. The number of piperidine rings is 1. The molecule has 2 fully saturated rings. The molecule has 0 atom stereocenters. The molecule has 1 spiro atoms. The van der Waals surface area contributed by atoms with Gasteiger partial charge < -0.3 is 14.4 Å². The van der Waals surface area contributed by atoms with Gasteiger partial charge in [0.1, 0.15) is 23.0 Å². The second-order valence-electron chi connectivity index (χ2n) is 12.0. The molecular weight excluding hydrogens is 444 g/mol. The molecule has 1 aromatic heterocycles. The van der Waals surface area contributed by atoms with Gasteiger partial charge in [0.15, 0.2) is 0 Å². The third-order valence-electron chi connectivity index (χ3n) is 6.58. The number of aromatic nitrogens is 1. The van der Waals surface area contributed by atoms with Gasteiger partial charge in [-0.2, -0.15) is 5.26 Å². The summed E-state index contributed by atoms with van der Waals surface area (Å²) in [6.07, 6.45) is 1.36. The van der Waals surface area contributed by atoms with E-state index in [1.165, 1.54) is 4.57 Å². The average molecular weight is 481 g/mol. The van der Waals surface area contributed by atoms with Crippen molar-refractivity contribution >= 4 is 23.1 Å². The van der Waals surface area contributed by atoms with Crippen LogP contribution in [0.4, 0.5) is 9.59 Å². The van der Waals surface area contributed by atoms with Gasteiger partial charge in [-0.3, -0.25) is 4.90 Å². The maximum absolute atomic E-state index is 12.7. The van der Waals surface area contributed by atoms with E-state index in [2.05, 4.69) is 17.0 Å². The lowest BCUT2D eigenvalue weighted by atomic mass is 9.72. The van der Waals surface area contributed by atoms with Crippen LogP contribution in [0, 0.1) is 16.7 Å². The van der Waals surface area contributed by atoms with Gasteiger partial charge in [-0.15, -0.1) is 0 Å². The molecule has 1 amide bonds. The van der Waals surface area contributed by atoms with Crippen molar-refractivity contribution in [3.8, 4) is 6.07 Å². The molecule has 4 rings (SSSR count). The lowest BCUT2D eigenvalue weighted by molar-refractivity contribution is -0.0600. The number of nitrogens with zero attached hydrogens (tertiary/aromatic N) is 4. The molecule has 0 saturated carbocycles. The number of benzene rings is 1. The predicted octanol–water partition coefficient (Wildman–Crippen LogP) is 5.13. The summed E-state index contributed by atoms with van der Waals surface area (Å²) in [6.45, 7) is 15.4. The summed E-state index contributed by atoms with van der Waals surface area (Å²) in [5, 5.41) is 10.4. The summed E-state index contributed by atoms with van der Waals surface area (Å²) in [5.41, 5.74) is 1.19. The molecule has 1 aromatic carbocycles. The van der Waals surface area contributed by atoms with Gasteiger partial charge in [-0.05, 0) is 91.2 Å². The first-order chi connectivity index (χ1) is 16.3. The fraction of sp³-hybridized carbons (Fsp3) is 0.593. The summed E-state index contributed by atoms with van der Waals surface area (Å²) in [5.74, 6) is 0. The normalized spacial score (nSPS) is 18.3. The summed E-state index contributed by atoms with van der Waals surface area (Å²) in [4.78, 5) is 29.2. The minimum atomic E-state index is -0.643. The minimum Gasteiger partial charge on any atom is -0.444 e. The van der Waals surface area contributed by atoms with Gasteiger partial charge in [0.25, 0.3) is 0 Å². The SMILES string of the molecule is CC(C)(C)OC(=O)N1CC2(CCN(Cc3ccc4c(c3)cc(C#N)n4C(=O)OC(C)(C)C)CC2)C1. The van der Waals surface area contributed by atoms with Crippen LogP contribution >= 0.6 is 0 Å². The monoisotopic (exact) mass is 480 g/mol. The molecule has 8 nitrogen and oxygen atoms in total. The van der Waals surface area contributed by atoms with Crippen LogP contribution in [0.25, 0.3) is 10.9 Å². The number of ether oxygens (including phenoxy) is 2. The van der Waals surface area contributed by atoms with Crippen molar-refractivity contribution in [2.24, 2.45) is 5.41 Å². The van der Waals surface area contributed by atoms with E-state index in [1.54, 1.807) is 6.07 Å². The lowest BCUT2D eigenvalue weighted by Gasteiger charge is -2.53. The number of fused-ring (bicyclic) bond motifs is 1. The van der Waals surface area contributed by atoms with Crippen LogP contribution in [-0.2, 0) is 16.0 Å². The number of carbonyl (C=O) groups is 2. The largest absolute Gasteiger partial charge is 0.444 e. The van der Waals surface area contributed by atoms with Crippen molar-refractivity contribution in [3.63, 3.8) is 0 Å². The van der Waals surface area contributed by atoms with E-state index in [9.17, 15) is 14.9 Å². The fourth-order valence-electron chi connectivity index (χ4n) is 4.93. The van der Waals surface area contributed by atoms with Gasteiger partial charge in [0, 0.05) is 30.4 Å². The zero-order valence-corrected chi connectivity index (χ0v) is 21.7. The van der Waals surface area contributed by atoms with Crippen LogP contribution < -0.4 is 0 Å². The highest BCUT2D eigenvalue weighted by molar-refractivity contribution is 5.92. The summed E-state index contributed by atoms with van der Waals surface area (Å²) < 4.78 is 12.3. The van der Waals surface area contributed by atoms with Gasteiger partial charge in [-0.25, -0.2) is 14.2 Å². The Kier molecular flexibility index (Phi) is 6.35. The van der Waals surface area contributed by atoms with Crippen LogP contribution in [-0.4, -0.2) is 63.9 Å². The fourth-order valence-corrected chi connectivity index (χ4v) is 4.93. The second kappa shape index (κ2) is 8.87. The number of amides is 1. The highest BCUT2D eigenvalue weighted by atomic mass is 16.6. The Morgan fingerprint density at radius 3 is 2.14 bits per heavy atom. The maximum Gasteiger partial charge on any atom is 0.420 e. The highest BCUT2D eigenvalue weighted by Gasteiger charge is 2.47. The second-order valence-corrected chi connectivity index (χ2v) is 12.0. The van der Waals surface area contributed by atoms with Crippen LogP contribution in [0.5, 0.6) is 0 Å². The molecule has 2 saturated heterocycles. The van der Waals surface area contributed by atoms with Gasteiger partial charge in [0.2, 0.25) is 0 Å². The highest BCUT2D eigenvalue weighted by Crippen LogP contribution is 2.41. The van der Waals surface area contributed by atoms with E-state index in [0.717, 1.165) is 56.5 Å². The first-order valence-electron chi connectivity index (χ1n) is 12.3. The van der Waals surface area contributed by atoms with Crippen LogP contribution in [0.3, 0.4) is 0 Å². The van der Waals surface area contributed by atoms with Crippen molar-refractivity contribution in [3.05, 3.63) is 35.5 Å². The number of hydrogen-bond acceptors (Lipinski definition) is 6. The maximum atomic E-state index is 12.7. The number of likely N-dealkylation sites (tertiary alicyclic amines) is 2. The summed E-state index contributed by atoms with van der Waals surface area (Å²) in [7, 11) is 0. The molecule has 0 bridgehead atoms. The van der Waals surface area contributed by atoms with Crippen LogP contribution in [0.1, 0.15) is 65.6 Å². The molecule has 2 aliphatic heterocycles. The molecule has 2 aromatic rings. The molecule has 8 heteroatoms. The van der Waals surface area contributed by atoms with E-state index in [4.69, 9.17) is 9.47 Å². The van der Waals surface area contributed by atoms with E-state index in [0.29, 0.717) is 5.52 Å². The summed E-state index contributed by atoms with van der Waals surface area (Å²) >= 11 is 0. The van der Waals surface area contributed by atoms with Crippen molar-refractivity contribution in [1.29, 1.82) is 5.26 Å². The Labute approximate surface area is 207 Å². The van der Waals surface area contributed by atoms with Crippen molar-refractivity contribution in [2.45, 2.75) is 72.1 Å². The molecule has 0 aliphatic carbocycles. The Balaban J connectivity index is 1.37. The standard InChI is InChI=1S/C27H36N4O4/c1-25(2,3)34-23(32)30-17-27(18-30)9-11-29(12-10-27)16-19-7-8-22-20(13-19)14-21(15-28)31(22)24(33)35-26(4,5)6/h7-8,13-14H,9-12,16-18H2,1-6H3. The van der Waals surface area contributed by atoms with E-state index < -0.39 is 17.3 Å². The van der Waals surface area contributed by atoms with Gasteiger partial charge in [0.05, 0.1) is 5.52 Å². The third-order valence-corrected chi connectivity index (χ3v) is 6.58. The Morgan fingerprint density at radius 1 is 0.971 bits per heavy atom. The van der Waals surface area contributed by atoms with Gasteiger partial charge in [-0.1, -0.05) is 6.07 Å². The first kappa shape index (κ1) is 25.1. The first-order valence-corrected chi connectivity index (χ1v) is 12.3. The third kappa shape index (κ3) is 5.62. The Hall–Kier alpha value is -3.05. The molecule has 188 valence electrons. The van der Waals surface area contributed by atoms with E-state index >= 15 is 0 Å². The minimum absolute atomic E-state index is 0.212.